The minimum atomic E-state index is -0.209. The van der Waals surface area contributed by atoms with E-state index in [-0.39, 0.29) is 12.5 Å². The van der Waals surface area contributed by atoms with Gasteiger partial charge in [0.15, 0.2) is 6.61 Å². The van der Waals surface area contributed by atoms with Crippen molar-refractivity contribution in [1.29, 1.82) is 0 Å². The van der Waals surface area contributed by atoms with Crippen molar-refractivity contribution in [1.82, 2.24) is 5.32 Å². The van der Waals surface area contributed by atoms with Gasteiger partial charge < -0.3 is 14.8 Å². The molecule has 0 atom stereocenters. The second-order valence-electron chi connectivity index (χ2n) is 4.95. The molecule has 0 spiro atoms. The Kier molecular flexibility index (Phi) is 6.30. The summed E-state index contributed by atoms with van der Waals surface area (Å²) < 4.78 is 11.5. The molecule has 0 aliphatic heterocycles. The van der Waals surface area contributed by atoms with Crippen LogP contribution in [0.5, 0.6) is 11.5 Å². The summed E-state index contributed by atoms with van der Waals surface area (Å²) in [6.07, 6.45) is 0. The van der Waals surface area contributed by atoms with E-state index in [1.807, 2.05) is 37.3 Å². The molecule has 0 heterocycles. The van der Waals surface area contributed by atoms with Gasteiger partial charge in [-0.05, 0) is 42.3 Å². The van der Waals surface area contributed by atoms with E-state index in [0.717, 1.165) is 21.3 Å². The maximum Gasteiger partial charge on any atom is 0.258 e. The van der Waals surface area contributed by atoms with E-state index in [2.05, 4.69) is 21.2 Å². The molecule has 0 saturated carbocycles. The standard InChI is InChI=1S/C17H17BrClNO3/c1-11-7-13(18)8-15(19)17(11)23-10-16(21)20-9-12-3-5-14(22-2)6-4-12/h3-8H,9-10H2,1-2H3,(H,20,21). The molecule has 2 aromatic carbocycles. The van der Waals surface area contributed by atoms with E-state index in [9.17, 15) is 4.79 Å². The van der Waals surface area contributed by atoms with Crippen LogP contribution in [-0.2, 0) is 11.3 Å². The highest BCUT2D eigenvalue weighted by molar-refractivity contribution is 9.10. The van der Waals surface area contributed by atoms with Crippen molar-refractivity contribution in [3.63, 3.8) is 0 Å². The van der Waals surface area contributed by atoms with Crippen molar-refractivity contribution in [2.45, 2.75) is 13.5 Å². The molecule has 0 aliphatic rings. The topological polar surface area (TPSA) is 47.6 Å². The van der Waals surface area contributed by atoms with E-state index >= 15 is 0 Å². The quantitative estimate of drug-likeness (QED) is 0.796. The highest BCUT2D eigenvalue weighted by atomic mass is 79.9. The van der Waals surface area contributed by atoms with Crippen LogP contribution >= 0.6 is 27.5 Å². The molecule has 4 nitrogen and oxygen atoms in total. The van der Waals surface area contributed by atoms with Gasteiger partial charge in [-0.15, -0.1) is 0 Å². The minimum absolute atomic E-state index is 0.0850. The van der Waals surface area contributed by atoms with Crippen molar-refractivity contribution in [2.24, 2.45) is 0 Å². The van der Waals surface area contributed by atoms with Crippen LogP contribution in [0.15, 0.2) is 40.9 Å². The van der Waals surface area contributed by atoms with Crippen molar-refractivity contribution < 1.29 is 14.3 Å². The van der Waals surface area contributed by atoms with E-state index in [1.54, 1.807) is 13.2 Å². The molecule has 0 aliphatic carbocycles. The number of halogens is 2. The van der Waals surface area contributed by atoms with Crippen molar-refractivity contribution in [2.75, 3.05) is 13.7 Å². The summed E-state index contributed by atoms with van der Waals surface area (Å²) in [5, 5.41) is 3.27. The minimum Gasteiger partial charge on any atom is -0.497 e. The Morgan fingerprint density at radius 1 is 1.26 bits per heavy atom. The number of hydrogen-bond acceptors (Lipinski definition) is 3. The molecular formula is C17H17BrClNO3. The Morgan fingerprint density at radius 2 is 1.96 bits per heavy atom. The van der Waals surface area contributed by atoms with Gasteiger partial charge in [-0.3, -0.25) is 4.79 Å². The Bertz CT molecular complexity index is 666. The number of carbonyl (C=O) groups excluding carboxylic acids is 1. The van der Waals surface area contributed by atoms with Crippen LogP contribution in [0.1, 0.15) is 11.1 Å². The Balaban J connectivity index is 1.85. The molecular weight excluding hydrogens is 382 g/mol. The van der Waals surface area contributed by atoms with Crippen LogP contribution in [-0.4, -0.2) is 19.6 Å². The highest BCUT2D eigenvalue weighted by Gasteiger charge is 2.10. The summed E-state index contributed by atoms with van der Waals surface area (Å²) in [6.45, 7) is 2.22. The fraction of sp³-hybridized carbons (Fsp3) is 0.235. The predicted octanol–water partition coefficient (Wildman–Crippen LogP) is 4.11. The lowest BCUT2D eigenvalue weighted by Crippen LogP contribution is -2.28. The second-order valence-corrected chi connectivity index (χ2v) is 6.27. The van der Waals surface area contributed by atoms with Gasteiger partial charge in [0, 0.05) is 11.0 Å². The van der Waals surface area contributed by atoms with Gasteiger partial charge in [0.25, 0.3) is 5.91 Å². The lowest BCUT2D eigenvalue weighted by molar-refractivity contribution is -0.123. The number of hydrogen-bond donors (Lipinski definition) is 1. The third kappa shape index (κ3) is 5.15. The number of ether oxygens (including phenoxy) is 2. The van der Waals surface area contributed by atoms with Crippen LogP contribution < -0.4 is 14.8 Å². The molecule has 0 fully saturated rings. The summed E-state index contributed by atoms with van der Waals surface area (Å²) in [5.41, 5.74) is 1.85. The molecule has 0 bridgehead atoms. The molecule has 1 N–H and O–H groups in total. The summed E-state index contributed by atoms with van der Waals surface area (Å²) in [4.78, 5) is 11.9. The first kappa shape index (κ1) is 17.6. The summed E-state index contributed by atoms with van der Waals surface area (Å²) in [5.74, 6) is 1.09. The number of methoxy groups -OCH3 is 1. The van der Waals surface area contributed by atoms with Gasteiger partial charge in [-0.1, -0.05) is 39.7 Å². The zero-order chi connectivity index (χ0) is 16.8. The average molecular weight is 399 g/mol. The van der Waals surface area contributed by atoms with Gasteiger partial charge >= 0.3 is 0 Å². The maximum absolute atomic E-state index is 11.9. The normalized spacial score (nSPS) is 10.3. The van der Waals surface area contributed by atoms with Crippen molar-refractivity contribution in [3.05, 3.63) is 57.0 Å². The van der Waals surface area contributed by atoms with Crippen LogP contribution in [0.2, 0.25) is 5.02 Å². The Labute approximate surface area is 148 Å². The molecule has 0 radical (unpaired) electrons. The third-order valence-electron chi connectivity index (χ3n) is 3.19. The molecule has 0 aromatic heterocycles. The Hall–Kier alpha value is -1.72. The van der Waals surface area contributed by atoms with Crippen molar-refractivity contribution >= 4 is 33.4 Å². The summed E-state index contributed by atoms with van der Waals surface area (Å²) >= 11 is 9.48. The zero-order valence-electron chi connectivity index (χ0n) is 12.9. The monoisotopic (exact) mass is 397 g/mol. The van der Waals surface area contributed by atoms with Crippen LogP contribution in [0.25, 0.3) is 0 Å². The second kappa shape index (κ2) is 8.22. The van der Waals surface area contributed by atoms with E-state index in [1.165, 1.54) is 0 Å². The first-order chi connectivity index (χ1) is 11.0. The number of benzene rings is 2. The predicted molar refractivity (Wildman–Crippen MR) is 94.2 cm³/mol. The van der Waals surface area contributed by atoms with Gasteiger partial charge in [0.2, 0.25) is 0 Å². The number of rotatable bonds is 6. The number of amides is 1. The SMILES string of the molecule is COc1ccc(CNC(=O)COc2c(C)cc(Br)cc2Cl)cc1. The fourth-order valence-electron chi connectivity index (χ4n) is 2.00. The molecule has 122 valence electrons. The van der Waals surface area contributed by atoms with E-state index in [0.29, 0.717) is 17.3 Å². The smallest absolute Gasteiger partial charge is 0.258 e. The number of nitrogens with one attached hydrogen (secondary N) is 1. The lowest BCUT2D eigenvalue weighted by atomic mass is 10.2. The zero-order valence-corrected chi connectivity index (χ0v) is 15.2. The Morgan fingerprint density at radius 3 is 2.57 bits per heavy atom. The first-order valence-electron chi connectivity index (χ1n) is 6.97. The average Bonchev–Trinajstić information content (AvgIpc) is 2.52. The lowest BCUT2D eigenvalue weighted by Gasteiger charge is -2.12. The van der Waals surface area contributed by atoms with Crippen molar-refractivity contribution in [3.8, 4) is 11.5 Å². The molecule has 1 amide bonds. The van der Waals surface area contributed by atoms with Crippen LogP contribution in [0.4, 0.5) is 0 Å². The first-order valence-corrected chi connectivity index (χ1v) is 8.14. The molecule has 2 rings (SSSR count). The molecule has 2 aromatic rings. The third-order valence-corrected chi connectivity index (χ3v) is 3.93. The van der Waals surface area contributed by atoms with Gasteiger partial charge in [-0.25, -0.2) is 0 Å². The highest BCUT2D eigenvalue weighted by Crippen LogP contribution is 2.31. The largest absolute Gasteiger partial charge is 0.497 e. The van der Waals surface area contributed by atoms with Gasteiger partial charge in [0.1, 0.15) is 11.5 Å². The van der Waals surface area contributed by atoms with Crippen LogP contribution in [0, 0.1) is 6.92 Å². The molecule has 0 saturated heterocycles. The van der Waals surface area contributed by atoms with Gasteiger partial charge in [0.05, 0.1) is 12.1 Å². The molecule has 0 unspecified atom stereocenters. The van der Waals surface area contributed by atoms with Gasteiger partial charge in [-0.2, -0.15) is 0 Å². The summed E-state index contributed by atoms with van der Waals surface area (Å²) in [7, 11) is 1.61. The molecule has 6 heteroatoms. The van der Waals surface area contributed by atoms with Crippen LogP contribution in [0.3, 0.4) is 0 Å². The van der Waals surface area contributed by atoms with E-state index < -0.39 is 0 Å². The maximum atomic E-state index is 11.9. The number of carbonyl (C=O) groups is 1. The summed E-state index contributed by atoms with van der Waals surface area (Å²) in [6, 6.07) is 11.1. The fourth-order valence-corrected chi connectivity index (χ4v) is 3.03. The number of aryl methyl sites for hydroxylation is 1. The van der Waals surface area contributed by atoms with E-state index in [4.69, 9.17) is 21.1 Å². The molecule has 23 heavy (non-hydrogen) atoms.